The van der Waals surface area contributed by atoms with Gasteiger partial charge in [0.1, 0.15) is 0 Å². The van der Waals surface area contributed by atoms with Gasteiger partial charge in [-0.2, -0.15) is 0 Å². The number of esters is 1. The molecular formula is C10H17NO2. The van der Waals surface area contributed by atoms with Crippen molar-refractivity contribution in [1.82, 2.24) is 4.90 Å². The molecular weight excluding hydrogens is 166 g/mol. The molecule has 74 valence electrons. The first-order valence-electron chi connectivity index (χ1n) is 4.99. The number of piperidine rings is 1. The van der Waals surface area contributed by atoms with Crippen molar-refractivity contribution in [3.05, 3.63) is 0 Å². The highest BCUT2D eigenvalue weighted by molar-refractivity contribution is 5.78. The van der Waals surface area contributed by atoms with E-state index >= 15 is 0 Å². The molecule has 2 rings (SSSR count). The lowest BCUT2D eigenvalue weighted by Crippen LogP contribution is -2.53. The van der Waals surface area contributed by atoms with Gasteiger partial charge in [-0.3, -0.25) is 4.79 Å². The van der Waals surface area contributed by atoms with E-state index < -0.39 is 0 Å². The molecule has 2 aliphatic heterocycles. The van der Waals surface area contributed by atoms with Gasteiger partial charge in [0.2, 0.25) is 0 Å². The average Bonchev–Trinajstić information content (AvgIpc) is 2.07. The standard InChI is InChI=1S/C10H17NO2/c1-10-7-11(2)5-3-8(10)4-6-13-9(10)12/h8H,3-7H2,1-2H3. The summed E-state index contributed by atoms with van der Waals surface area (Å²) in [6.07, 6.45) is 2.19. The summed E-state index contributed by atoms with van der Waals surface area (Å²) in [4.78, 5) is 13.9. The van der Waals surface area contributed by atoms with E-state index in [1.807, 2.05) is 0 Å². The number of likely N-dealkylation sites (tertiary alicyclic amines) is 1. The number of carbonyl (C=O) groups is 1. The lowest BCUT2D eigenvalue weighted by atomic mass is 9.70. The third kappa shape index (κ3) is 1.35. The van der Waals surface area contributed by atoms with Crippen molar-refractivity contribution in [2.75, 3.05) is 26.7 Å². The van der Waals surface area contributed by atoms with Crippen LogP contribution in [-0.4, -0.2) is 37.6 Å². The maximum absolute atomic E-state index is 11.6. The third-order valence-electron chi connectivity index (χ3n) is 3.52. The summed E-state index contributed by atoms with van der Waals surface area (Å²) < 4.78 is 5.13. The number of rotatable bonds is 0. The number of fused-ring (bicyclic) bond motifs is 1. The van der Waals surface area contributed by atoms with Gasteiger partial charge in [0.15, 0.2) is 0 Å². The molecule has 3 nitrogen and oxygen atoms in total. The largest absolute Gasteiger partial charge is 0.465 e. The minimum Gasteiger partial charge on any atom is -0.465 e. The fourth-order valence-corrected chi connectivity index (χ4v) is 2.62. The van der Waals surface area contributed by atoms with Crippen molar-refractivity contribution in [1.29, 1.82) is 0 Å². The van der Waals surface area contributed by atoms with Crippen molar-refractivity contribution in [3.63, 3.8) is 0 Å². The van der Waals surface area contributed by atoms with Crippen LogP contribution >= 0.6 is 0 Å². The topological polar surface area (TPSA) is 29.5 Å². The number of hydrogen-bond donors (Lipinski definition) is 0. The molecule has 0 saturated carbocycles. The molecule has 2 fully saturated rings. The van der Waals surface area contributed by atoms with Gasteiger partial charge in [0.05, 0.1) is 12.0 Å². The minimum absolute atomic E-state index is 0.00954. The van der Waals surface area contributed by atoms with Crippen molar-refractivity contribution < 1.29 is 9.53 Å². The Morgan fingerprint density at radius 2 is 2.31 bits per heavy atom. The molecule has 13 heavy (non-hydrogen) atoms. The van der Waals surface area contributed by atoms with Gasteiger partial charge < -0.3 is 9.64 Å². The SMILES string of the molecule is CN1CCC2CCOC(=O)C2(C)C1. The first-order valence-corrected chi connectivity index (χ1v) is 4.99. The van der Waals surface area contributed by atoms with Crippen molar-refractivity contribution in [2.45, 2.75) is 19.8 Å². The number of hydrogen-bond acceptors (Lipinski definition) is 3. The molecule has 0 amide bonds. The molecule has 0 N–H and O–H groups in total. The predicted octanol–water partition coefficient (Wildman–Crippen LogP) is 0.891. The zero-order valence-corrected chi connectivity index (χ0v) is 8.38. The summed E-state index contributed by atoms with van der Waals surface area (Å²) in [5.41, 5.74) is -0.231. The molecule has 3 heteroatoms. The molecule has 2 heterocycles. The summed E-state index contributed by atoms with van der Waals surface area (Å²) in [5.74, 6) is 0.556. The normalized spacial score (nSPS) is 41.1. The van der Waals surface area contributed by atoms with Crippen LogP contribution in [0.15, 0.2) is 0 Å². The van der Waals surface area contributed by atoms with E-state index in [-0.39, 0.29) is 11.4 Å². The maximum Gasteiger partial charge on any atom is 0.313 e. The van der Waals surface area contributed by atoms with Crippen LogP contribution in [0.4, 0.5) is 0 Å². The molecule has 0 radical (unpaired) electrons. The Kier molecular flexibility index (Phi) is 2.06. The molecule has 2 atom stereocenters. The van der Waals surface area contributed by atoms with E-state index in [4.69, 9.17) is 4.74 Å². The number of carbonyl (C=O) groups excluding carboxylic acids is 1. The highest BCUT2D eigenvalue weighted by Crippen LogP contribution is 2.40. The van der Waals surface area contributed by atoms with Crippen LogP contribution in [-0.2, 0) is 9.53 Å². The van der Waals surface area contributed by atoms with E-state index in [2.05, 4.69) is 18.9 Å². The Morgan fingerprint density at radius 3 is 3.08 bits per heavy atom. The summed E-state index contributed by atoms with van der Waals surface area (Å²) in [6, 6.07) is 0. The number of ether oxygens (including phenoxy) is 1. The van der Waals surface area contributed by atoms with E-state index in [0.717, 1.165) is 25.9 Å². The van der Waals surface area contributed by atoms with Crippen molar-refractivity contribution in [2.24, 2.45) is 11.3 Å². The molecule has 0 bridgehead atoms. The van der Waals surface area contributed by atoms with Crippen molar-refractivity contribution in [3.8, 4) is 0 Å². The average molecular weight is 183 g/mol. The molecule has 0 aromatic carbocycles. The molecule has 0 aliphatic carbocycles. The van der Waals surface area contributed by atoms with Crippen LogP contribution < -0.4 is 0 Å². The van der Waals surface area contributed by atoms with Gasteiger partial charge in [-0.15, -0.1) is 0 Å². The predicted molar refractivity (Wildman–Crippen MR) is 49.3 cm³/mol. The summed E-state index contributed by atoms with van der Waals surface area (Å²) in [5, 5.41) is 0. The summed E-state index contributed by atoms with van der Waals surface area (Å²) >= 11 is 0. The first-order chi connectivity index (χ1) is 6.13. The van der Waals surface area contributed by atoms with Crippen molar-refractivity contribution >= 4 is 5.97 Å². The van der Waals surface area contributed by atoms with Crippen LogP contribution in [0.2, 0.25) is 0 Å². The Morgan fingerprint density at radius 1 is 1.54 bits per heavy atom. The fraction of sp³-hybridized carbons (Fsp3) is 0.900. The van der Waals surface area contributed by atoms with E-state index in [1.165, 1.54) is 0 Å². The zero-order valence-electron chi connectivity index (χ0n) is 8.38. The Bertz CT molecular complexity index is 229. The highest BCUT2D eigenvalue weighted by atomic mass is 16.5. The molecule has 2 saturated heterocycles. The maximum atomic E-state index is 11.6. The second kappa shape index (κ2) is 2.98. The molecule has 0 aromatic heterocycles. The molecule has 0 spiro atoms. The van der Waals surface area contributed by atoms with Gasteiger partial charge >= 0.3 is 5.97 Å². The van der Waals surface area contributed by atoms with Gasteiger partial charge in [-0.25, -0.2) is 0 Å². The molecule has 2 unspecified atom stereocenters. The van der Waals surface area contributed by atoms with E-state index in [1.54, 1.807) is 0 Å². The number of nitrogens with zero attached hydrogens (tertiary/aromatic N) is 1. The monoisotopic (exact) mass is 183 g/mol. The fourth-order valence-electron chi connectivity index (χ4n) is 2.62. The Balaban J connectivity index is 2.20. The van der Waals surface area contributed by atoms with Crippen LogP contribution in [0.1, 0.15) is 19.8 Å². The lowest BCUT2D eigenvalue weighted by Gasteiger charge is -2.45. The quantitative estimate of drug-likeness (QED) is 0.522. The second-order valence-corrected chi connectivity index (χ2v) is 4.57. The Labute approximate surface area is 79.0 Å². The smallest absolute Gasteiger partial charge is 0.313 e. The first kappa shape index (κ1) is 9.00. The van der Waals surface area contributed by atoms with E-state index in [0.29, 0.717) is 12.5 Å². The Hall–Kier alpha value is -0.570. The van der Waals surface area contributed by atoms with Gasteiger partial charge in [-0.05, 0) is 39.3 Å². The second-order valence-electron chi connectivity index (χ2n) is 4.57. The molecule has 2 aliphatic rings. The highest BCUT2D eigenvalue weighted by Gasteiger charge is 2.47. The van der Waals surface area contributed by atoms with E-state index in [9.17, 15) is 4.79 Å². The van der Waals surface area contributed by atoms with Crippen LogP contribution in [0.5, 0.6) is 0 Å². The lowest BCUT2D eigenvalue weighted by molar-refractivity contribution is -0.171. The van der Waals surface area contributed by atoms with Crippen LogP contribution in [0, 0.1) is 11.3 Å². The van der Waals surface area contributed by atoms with Gasteiger partial charge in [-0.1, -0.05) is 0 Å². The molecule has 0 aromatic rings. The summed E-state index contributed by atoms with van der Waals surface area (Å²) in [7, 11) is 2.07. The third-order valence-corrected chi connectivity index (χ3v) is 3.52. The van der Waals surface area contributed by atoms with Crippen LogP contribution in [0.25, 0.3) is 0 Å². The summed E-state index contributed by atoms with van der Waals surface area (Å²) in [6.45, 7) is 4.65. The minimum atomic E-state index is -0.231. The number of cyclic esters (lactones) is 1. The van der Waals surface area contributed by atoms with Gasteiger partial charge in [0.25, 0.3) is 0 Å². The van der Waals surface area contributed by atoms with Gasteiger partial charge in [0, 0.05) is 6.54 Å². The zero-order chi connectivity index (χ0) is 9.47. The van der Waals surface area contributed by atoms with Crippen LogP contribution in [0.3, 0.4) is 0 Å².